The van der Waals surface area contributed by atoms with Crippen LogP contribution in [0.3, 0.4) is 0 Å². The molecule has 0 saturated heterocycles. The predicted octanol–water partition coefficient (Wildman–Crippen LogP) is 2.90. The summed E-state index contributed by atoms with van der Waals surface area (Å²) in [6.07, 6.45) is 8.59. The van der Waals surface area contributed by atoms with E-state index >= 15 is 0 Å². The fourth-order valence-corrected chi connectivity index (χ4v) is 2.25. The molecule has 0 aliphatic heterocycles. The lowest BCUT2D eigenvalue weighted by Gasteiger charge is -2.37. The first-order valence-corrected chi connectivity index (χ1v) is 3.97. The van der Waals surface area contributed by atoms with Crippen LogP contribution < -0.4 is 0 Å². The summed E-state index contributed by atoms with van der Waals surface area (Å²) in [4.78, 5) is 0. The molecule has 2 fully saturated rings. The monoisotopic (exact) mass is 122 g/mol. The Morgan fingerprint density at radius 2 is 2.00 bits per heavy atom. The van der Waals surface area contributed by atoms with Gasteiger partial charge in [-0.1, -0.05) is 18.6 Å². The predicted molar refractivity (Wildman–Crippen MR) is 39.3 cm³/mol. The minimum atomic E-state index is 0.789. The van der Waals surface area contributed by atoms with E-state index in [1.165, 1.54) is 44.1 Å². The van der Waals surface area contributed by atoms with Gasteiger partial charge in [-0.25, -0.2) is 0 Å². The van der Waals surface area contributed by atoms with Crippen LogP contribution in [0.5, 0.6) is 0 Å². The van der Waals surface area contributed by atoms with E-state index in [0.29, 0.717) is 0 Å². The Bertz CT molecular complexity index is 140. The van der Waals surface area contributed by atoms with Crippen molar-refractivity contribution in [2.45, 2.75) is 38.5 Å². The fraction of sp³-hybridized carbons (Fsp3) is 0.778. The second kappa shape index (κ2) is 1.62. The smallest absolute Gasteiger partial charge is 0.0257 e. The van der Waals surface area contributed by atoms with E-state index in [0.717, 1.165) is 5.41 Å². The summed E-state index contributed by atoms with van der Waals surface area (Å²) in [5, 5.41) is 0. The van der Waals surface area contributed by atoms with E-state index in [-0.39, 0.29) is 0 Å². The Labute approximate surface area is 57.0 Å². The van der Waals surface area contributed by atoms with Crippen molar-refractivity contribution in [3.63, 3.8) is 0 Å². The van der Waals surface area contributed by atoms with Gasteiger partial charge in [0.25, 0.3) is 0 Å². The summed E-state index contributed by atoms with van der Waals surface area (Å²) in [5.74, 6) is 0. The maximum atomic E-state index is 4.03. The zero-order valence-corrected chi connectivity index (χ0v) is 5.95. The fourth-order valence-electron chi connectivity index (χ4n) is 2.25. The summed E-state index contributed by atoms with van der Waals surface area (Å²) >= 11 is 0. The molecule has 2 aliphatic rings. The molecule has 0 bridgehead atoms. The molecule has 0 radical (unpaired) electrons. The minimum Gasteiger partial charge on any atom is -0.0998 e. The molecule has 9 heavy (non-hydrogen) atoms. The first kappa shape index (κ1) is 5.52. The zero-order valence-electron chi connectivity index (χ0n) is 5.95. The van der Waals surface area contributed by atoms with Gasteiger partial charge in [0.15, 0.2) is 0 Å². The quantitative estimate of drug-likeness (QED) is 0.433. The Balaban J connectivity index is 2.07. The van der Waals surface area contributed by atoms with Gasteiger partial charge in [-0.2, -0.15) is 0 Å². The standard InChI is InChI=1S/C9H14/c1-8-3-6-9(7-8)4-2-5-9/h1-7H2. The summed E-state index contributed by atoms with van der Waals surface area (Å²) in [6, 6.07) is 0. The Hall–Kier alpha value is -0.260. The van der Waals surface area contributed by atoms with Crippen LogP contribution in [-0.4, -0.2) is 0 Å². The van der Waals surface area contributed by atoms with Crippen LogP contribution in [0.4, 0.5) is 0 Å². The van der Waals surface area contributed by atoms with Crippen molar-refractivity contribution in [1.82, 2.24) is 0 Å². The number of hydrogen-bond donors (Lipinski definition) is 0. The van der Waals surface area contributed by atoms with Gasteiger partial charge < -0.3 is 0 Å². The largest absolute Gasteiger partial charge is 0.0998 e. The molecule has 2 rings (SSSR count). The lowest BCUT2D eigenvalue weighted by Crippen LogP contribution is -2.24. The minimum absolute atomic E-state index is 0.789. The summed E-state index contributed by atoms with van der Waals surface area (Å²) < 4.78 is 0. The molecule has 0 aromatic carbocycles. The molecule has 1 spiro atoms. The molecule has 2 aliphatic carbocycles. The van der Waals surface area contributed by atoms with Gasteiger partial charge >= 0.3 is 0 Å². The van der Waals surface area contributed by atoms with Crippen molar-refractivity contribution in [2.24, 2.45) is 5.41 Å². The van der Waals surface area contributed by atoms with Crippen molar-refractivity contribution in [2.75, 3.05) is 0 Å². The molecule has 0 aromatic heterocycles. The highest BCUT2D eigenvalue weighted by molar-refractivity contribution is 5.10. The molecule has 0 heterocycles. The lowest BCUT2D eigenvalue weighted by molar-refractivity contribution is 0.148. The maximum absolute atomic E-state index is 4.03. The van der Waals surface area contributed by atoms with Gasteiger partial charge in [-0.3, -0.25) is 0 Å². The first-order valence-electron chi connectivity index (χ1n) is 3.97. The molecule has 0 nitrogen and oxygen atoms in total. The van der Waals surface area contributed by atoms with Gasteiger partial charge in [-0.15, -0.1) is 0 Å². The van der Waals surface area contributed by atoms with Gasteiger partial charge in [0, 0.05) is 0 Å². The van der Waals surface area contributed by atoms with Crippen molar-refractivity contribution in [3.8, 4) is 0 Å². The molecule has 0 N–H and O–H groups in total. The molecule has 0 aromatic rings. The number of rotatable bonds is 0. The van der Waals surface area contributed by atoms with Crippen molar-refractivity contribution in [3.05, 3.63) is 12.2 Å². The van der Waals surface area contributed by atoms with E-state index in [1.807, 2.05) is 0 Å². The maximum Gasteiger partial charge on any atom is -0.0257 e. The highest BCUT2D eigenvalue weighted by Crippen LogP contribution is 2.54. The Kier molecular flexibility index (Phi) is 0.992. The van der Waals surface area contributed by atoms with E-state index in [1.54, 1.807) is 0 Å². The van der Waals surface area contributed by atoms with Gasteiger partial charge in [0.2, 0.25) is 0 Å². The lowest BCUT2D eigenvalue weighted by atomic mass is 9.68. The van der Waals surface area contributed by atoms with E-state index < -0.39 is 0 Å². The van der Waals surface area contributed by atoms with Crippen molar-refractivity contribution < 1.29 is 0 Å². The SMILES string of the molecule is C=C1CCC2(CCC2)C1. The molecule has 50 valence electrons. The van der Waals surface area contributed by atoms with Crippen LogP contribution in [0.25, 0.3) is 0 Å². The van der Waals surface area contributed by atoms with Crippen LogP contribution in [0.2, 0.25) is 0 Å². The summed E-state index contributed by atoms with van der Waals surface area (Å²) in [7, 11) is 0. The summed E-state index contributed by atoms with van der Waals surface area (Å²) in [5.41, 5.74) is 2.30. The Morgan fingerprint density at radius 1 is 1.22 bits per heavy atom. The molecule has 2 saturated carbocycles. The van der Waals surface area contributed by atoms with Crippen molar-refractivity contribution >= 4 is 0 Å². The third-order valence-electron chi connectivity index (χ3n) is 3.05. The third kappa shape index (κ3) is 0.726. The van der Waals surface area contributed by atoms with Crippen LogP contribution in [-0.2, 0) is 0 Å². The van der Waals surface area contributed by atoms with Gasteiger partial charge in [-0.05, 0) is 37.5 Å². The van der Waals surface area contributed by atoms with Gasteiger partial charge in [0.05, 0.1) is 0 Å². The summed E-state index contributed by atoms with van der Waals surface area (Å²) in [6.45, 7) is 4.03. The molecular weight excluding hydrogens is 108 g/mol. The topological polar surface area (TPSA) is 0 Å². The van der Waals surface area contributed by atoms with Crippen LogP contribution >= 0.6 is 0 Å². The Morgan fingerprint density at radius 3 is 2.22 bits per heavy atom. The van der Waals surface area contributed by atoms with Crippen LogP contribution in [0.15, 0.2) is 12.2 Å². The molecule has 0 heteroatoms. The first-order chi connectivity index (χ1) is 4.31. The molecule has 0 atom stereocenters. The molecule has 0 unspecified atom stereocenters. The number of allylic oxidation sites excluding steroid dienone is 1. The van der Waals surface area contributed by atoms with E-state index in [2.05, 4.69) is 6.58 Å². The average Bonchev–Trinajstić information content (AvgIpc) is 2.09. The number of hydrogen-bond acceptors (Lipinski definition) is 0. The van der Waals surface area contributed by atoms with E-state index in [4.69, 9.17) is 0 Å². The van der Waals surface area contributed by atoms with E-state index in [9.17, 15) is 0 Å². The molecule has 0 amide bonds. The average molecular weight is 122 g/mol. The van der Waals surface area contributed by atoms with Crippen LogP contribution in [0.1, 0.15) is 38.5 Å². The molecular formula is C9H14. The second-order valence-electron chi connectivity index (χ2n) is 3.78. The normalized spacial score (nSPS) is 30.9. The van der Waals surface area contributed by atoms with Gasteiger partial charge in [0.1, 0.15) is 0 Å². The zero-order chi connectivity index (χ0) is 6.32. The highest BCUT2D eigenvalue weighted by Gasteiger charge is 2.40. The third-order valence-corrected chi connectivity index (χ3v) is 3.05. The second-order valence-corrected chi connectivity index (χ2v) is 3.78. The highest BCUT2D eigenvalue weighted by atomic mass is 14.4. The van der Waals surface area contributed by atoms with Crippen molar-refractivity contribution in [1.29, 1.82) is 0 Å². The van der Waals surface area contributed by atoms with Crippen LogP contribution in [0, 0.1) is 5.41 Å².